The van der Waals surface area contributed by atoms with Crippen LogP contribution in [0, 0.1) is 18.3 Å². The molecule has 194 valence electrons. The van der Waals surface area contributed by atoms with Crippen LogP contribution in [-0.2, 0) is 7.05 Å². The Bertz CT molecular complexity index is 1590. The standard InChI is InChI=1S/C27H27Cl2N9/c1-15(2)38-14-23(35-36-38)27(24-7-8-32-37(24)4)34-19-9-20-25(33-18-6-5-16(3)21(28)10-18)17(12-30)13-31-26(20)22(29)11-19/h5-11,13-15,27,34-36H,1-4H3,(H,31,33)/t27-/m1/s1. The molecule has 1 aliphatic heterocycles. The van der Waals surface area contributed by atoms with Crippen LogP contribution in [-0.4, -0.2) is 25.8 Å². The van der Waals surface area contributed by atoms with Gasteiger partial charge in [0.2, 0.25) is 0 Å². The number of hydrogen-bond donors (Lipinski definition) is 4. The highest BCUT2D eigenvalue weighted by Gasteiger charge is 2.26. The average Bonchev–Trinajstić information content (AvgIpc) is 3.55. The number of anilines is 3. The lowest BCUT2D eigenvalue weighted by molar-refractivity contribution is 0.220. The molecule has 1 atom stereocenters. The first-order chi connectivity index (χ1) is 18.2. The molecular formula is C27H27Cl2N9. The Morgan fingerprint density at radius 1 is 1.08 bits per heavy atom. The Labute approximate surface area is 231 Å². The van der Waals surface area contributed by atoms with E-state index < -0.39 is 0 Å². The lowest BCUT2D eigenvalue weighted by Crippen LogP contribution is -2.41. The van der Waals surface area contributed by atoms with Gasteiger partial charge in [0, 0.05) is 53.5 Å². The molecule has 3 heterocycles. The van der Waals surface area contributed by atoms with Crippen molar-refractivity contribution in [2.45, 2.75) is 32.9 Å². The molecule has 5 rings (SSSR count). The van der Waals surface area contributed by atoms with Crippen molar-refractivity contribution < 1.29 is 0 Å². The van der Waals surface area contributed by atoms with Crippen molar-refractivity contribution in [3.8, 4) is 6.07 Å². The smallest absolute Gasteiger partial charge is 0.111 e. The van der Waals surface area contributed by atoms with E-state index in [9.17, 15) is 5.26 Å². The number of aryl methyl sites for hydroxylation is 2. The fraction of sp³-hybridized carbons (Fsp3) is 0.222. The zero-order valence-corrected chi connectivity index (χ0v) is 22.9. The van der Waals surface area contributed by atoms with Crippen molar-refractivity contribution in [1.82, 2.24) is 30.7 Å². The van der Waals surface area contributed by atoms with E-state index in [1.54, 1.807) is 6.20 Å². The number of hydrazine groups is 2. The summed E-state index contributed by atoms with van der Waals surface area (Å²) in [4.78, 5) is 4.47. The van der Waals surface area contributed by atoms with Crippen molar-refractivity contribution in [2.24, 2.45) is 7.05 Å². The van der Waals surface area contributed by atoms with Gasteiger partial charge in [-0.2, -0.15) is 10.4 Å². The molecule has 2 aromatic heterocycles. The molecule has 11 heteroatoms. The second-order valence-electron chi connectivity index (χ2n) is 9.38. The highest BCUT2D eigenvalue weighted by molar-refractivity contribution is 6.36. The van der Waals surface area contributed by atoms with Gasteiger partial charge in [-0.15, -0.1) is 5.53 Å². The summed E-state index contributed by atoms with van der Waals surface area (Å²) < 4.78 is 1.82. The van der Waals surface area contributed by atoms with Gasteiger partial charge in [-0.25, -0.2) is 0 Å². The van der Waals surface area contributed by atoms with E-state index in [1.165, 1.54) is 6.20 Å². The molecular weight excluding hydrogens is 521 g/mol. The molecule has 4 aromatic rings. The zero-order valence-electron chi connectivity index (χ0n) is 21.3. The van der Waals surface area contributed by atoms with E-state index in [-0.39, 0.29) is 12.1 Å². The predicted octanol–water partition coefficient (Wildman–Crippen LogP) is 5.93. The quantitative estimate of drug-likeness (QED) is 0.225. The van der Waals surface area contributed by atoms with E-state index in [2.05, 4.69) is 51.6 Å². The maximum atomic E-state index is 9.87. The summed E-state index contributed by atoms with van der Waals surface area (Å²) in [6.07, 6.45) is 5.32. The first-order valence-electron chi connectivity index (χ1n) is 12.1. The van der Waals surface area contributed by atoms with Crippen LogP contribution >= 0.6 is 23.2 Å². The normalized spacial score (nSPS) is 13.8. The minimum atomic E-state index is -0.272. The van der Waals surface area contributed by atoms with Crippen LogP contribution in [0.5, 0.6) is 0 Å². The van der Waals surface area contributed by atoms with Gasteiger partial charge in [-0.3, -0.25) is 14.7 Å². The van der Waals surface area contributed by atoms with Gasteiger partial charge in [0.1, 0.15) is 12.1 Å². The third-order valence-corrected chi connectivity index (χ3v) is 7.12. The Hall–Kier alpha value is -3.97. The average molecular weight is 548 g/mol. The number of nitrogens with one attached hydrogen (secondary N) is 4. The van der Waals surface area contributed by atoms with Gasteiger partial charge in [-0.1, -0.05) is 29.3 Å². The van der Waals surface area contributed by atoms with Crippen LogP contribution in [0.25, 0.3) is 10.9 Å². The first kappa shape index (κ1) is 25.7. The third-order valence-electron chi connectivity index (χ3n) is 6.43. The molecule has 1 aliphatic rings. The molecule has 2 aromatic carbocycles. The van der Waals surface area contributed by atoms with Crippen LogP contribution < -0.4 is 21.6 Å². The van der Waals surface area contributed by atoms with Gasteiger partial charge in [0.15, 0.2) is 0 Å². The van der Waals surface area contributed by atoms with Gasteiger partial charge in [0.05, 0.1) is 33.2 Å². The Morgan fingerprint density at radius 3 is 2.53 bits per heavy atom. The molecule has 0 saturated carbocycles. The monoisotopic (exact) mass is 547 g/mol. The molecule has 0 unspecified atom stereocenters. The number of halogens is 2. The van der Waals surface area contributed by atoms with Crippen LogP contribution in [0.15, 0.2) is 60.7 Å². The van der Waals surface area contributed by atoms with Crippen molar-refractivity contribution in [1.29, 1.82) is 5.26 Å². The largest absolute Gasteiger partial charge is 0.371 e. The SMILES string of the molecule is Cc1ccc(Nc2c(C#N)cnc3c(Cl)cc(N[C@H](C4=CN(C(C)C)NN4)c4ccnn4C)cc23)cc1Cl. The molecule has 0 spiro atoms. The Morgan fingerprint density at radius 2 is 1.87 bits per heavy atom. The molecule has 0 fully saturated rings. The predicted molar refractivity (Wildman–Crippen MR) is 152 cm³/mol. The molecule has 0 radical (unpaired) electrons. The summed E-state index contributed by atoms with van der Waals surface area (Å²) in [5.74, 6) is 0. The second-order valence-corrected chi connectivity index (χ2v) is 10.2. The van der Waals surface area contributed by atoms with E-state index in [1.807, 2.05) is 66.3 Å². The first-order valence-corrected chi connectivity index (χ1v) is 12.8. The Kier molecular flexibility index (Phi) is 7.04. The van der Waals surface area contributed by atoms with Crippen molar-refractivity contribution in [3.05, 3.63) is 87.6 Å². The molecule has 9 nitrogen and oxygen atoms in total. The van der Waals surface area contributed by atoms with E-state index in [0.29, 0.717) is 32.2 Å². The fourth-order valence-electron chi connectivity index (χ4n) is 4.29. The number of rotatable bonds is 7. The minimum absolute atomic E-state index is 0.252. The summed E-state index contributed by atoms with van der Waals surface area (Å²) in [5.41, 5.74) is 12.4. The lowest BCUT2D eigenvalue weighted by atomic mass is 10.1. The minimum Gasteiger partial charge on any atom is -0.371 e. The number of benzene rings is 2. The molecule has 0 aliphatic carbocycles. The van der Waals surface area contributed by atoms with E-state index in [4.69, 9.17) is 23.2 Å². The van der Waals surface area contributed by atoms with Gasteiger partial charge < -0.3 is 16.1 Å². The van der Waals surface area contributed by atoms with Gasteiger partial charge >= 0.3 is 0 Å². The zero-order chi connectivity index (χ0) is 27.0. The van der Waals surface area contributed by atoms with E-state index in [0.717, 1.165) is 28.3 Å². The van der Waals surface area contributed by atoms with Crippen molar-refractivity contribution in [2.75, 3.05) is 10.6 Å². The highest BCUT2D eigenvalue weighted by atomic mass is 35.5. The summed E-state index contributed by atoms with van der Waals surface area (Å²) in [6, 6.07) is 13.6. The second kappa shape index (κ2) is 10.4. The summed E-state index contributed by atoms with van der Waals surface area (Å²) in [7, 11) is 1.90. The number of aromatic nitrogens is 3. The van der Waals surface area contributed by atoms with Gasteiger partial charge in [-0.05, 0) is 56.7 Å². The van der Waals surface area contributed by atoms with Crippen molar-refractivity contribution >= 4 is 51.2 Å². The number of hydrogen-bond acceptors (Lipinski definition) is 8. The third kappa shape index (κ3) is 4.94. The fourth-order valence-corrected chi connectivity index (χ4v) is 4.74. The molecule has 0 amide bonds. The molecule has 0 saturated heterocycles. The Balaban J connectivity index is 1.59. The van der Waals surface area contributed by atoms with Crippen LogP contribution in [0.1, 0.15) is 36.7 Å². The number of pyridine rings is 1. The van der Waals surface area contributed by atoms with E-state index >= 15 is 0 Å². The highest BCUT2D eigenvalue weighted by Crippen LogP contribution is 2.37. The van der Waals surface area contributed by atoms with Crippen molar-refractivity contribution in [3.63, 3.8) is 0 Å². The number of nitriles is 1. The molecule has 38 heavy (non-hydrogen) atoms. The maximum absolute atomic E-state index is 9.87. The van der Waals surface area contributed by atoms with Crippen LogP contribution in [0.4, 0.5) is 17.1 Å². The summed E-state index contributed by atoms with van der Waals surface area (Å²) in [5, 5.41) is 25.0. The van der Waals surface area contributed by atoms with Crippen LogP contribution in [0.3, 0.4) is 0 Å². The van der Waals surface area contributed by atoms with Gasteiger partial charge in [0.25, 0.3) is 0 Å². The topological polar surface area (TPSA) is 106 Å². The number of nitrogens with zero attached hydrogens (tertiary/aromatic N) is 5. The molecule has 0 bridgehead atoms. The number of fused-ring (bicyclic) bond motifs is 1. The summed E-state index contributed by atoms with van der Waals surface area (Å²) >= 11 is 13.1. The molecule has 4 N–H and O–H groups in total. The van der Waals surface area contributed by atoms with Crippen LogP contribution in [0.2, 0.25) is 10.0 Å². The lowest BCUT2D eigenvalue weighted by Gasteiger charge is -2.22. The summed E-state index contributed by atoms with van der Waals surface area (Å²) in [6.45, 7) is 6.13. The maximum Gasteiger partial charge on any atom is 0.111 e.